The van der Waals surface area contributed by atoms with Gasteiger partial charge in [-0.05, 0) is 32.9 Å². The Kier molecular flexibility index (Phi) is 6.32. The first-order valence-corrected chi connectivity index (χ1v) is 7.37. The van der Waals surface area contributed by atoms with E-state index in [1.165, 1.54) is 6.07 Å². The molecule has 114 valence electrons. The smallest absolute Gasteiger partial charge is 0.272 e. The molecule has 5 nitrogen and oxygen atoms in total. The van der Waals surface area contributed by atoms with Crippen molar-refractivity contribution < 1.29 is 4.92 Å². The maximum Gasteiger partial charge on any atom is 0.272 e. The maximum atomic E-state index is 11.1. The summed E-state index contributed by atoms with van der Waals surface area (Å²) in [6.07, 6.45) is 2.27. The monoisotopic (exact) mass is 289 g/mol. The topological polar surface area (TPSA) is 70.2 Å². The van der Waals surface area contributed by atoms with Crippen LogP contribution >= 0.6 is 0 Å². The summed E-state index contributed by atoms with van der Waals surface area (Å²) in [7, 11) is 0. The first kappa shape index (κ1) is 17.1. The third kappa shape index (κ3) is 4.27. The molecular weight excluding hydrogens is 266 g/mol. The average Bonchev–Trinajstić information content (AvgIpc) is 2.47. The van der Waals surface area contributed by atoms with Crippen LogP contribution in [0.15, 0.2) is 24.3 Å². The lowest BCUT2D eigenvalue weighted by molar-refractivity contribution is -0.385. The number of benzene rings is 1. The molecule has 5 heteroatoms. The molecule has 0 aliphatic heterocycles. The lowest BCUT2D eigenvalue weighted by atomic mass is 9.91. The van der Waals surface area contributed by atoms with Crippen LogP contribution in [0.25, 0.3) is 0 Å². The summed E-state index contributed by atoms with van der Waals surface area (Å²) in [4.78, 5) is 12.9. The molecule has 0 aliphatic rings. The van der Waals surface area contributed by atoms with Crippen molar-refractivity contribution in [2.45, 2.75) is 45.6 Å². The van der Waals surface area contributed by atoms with E-state index in [0.717, 1.165) is 25.9 Å². The number of nitro groups is 1. The van der Waals surface area contributed by atoms with Gasteiger partial charge in [-0.15, -0.1) is 0 Å². The van der Waals surface area contributed by atoms with Crippen LogP contribution < -0.4 is 0 Å². The third-order valence-corrected chi connectivity index (χ3v) is 3.65. The van der Waals surface area contributed by atoms with Gasteiger partial charge in [0.25, 0.3) is 5.69 Å². The molecule has 0 saturated carbocycles. The molecule has 1 aromatic carbocycles. The number of para-hydroxylation sites is 1. The van der Waals surface area contributed by atoms with Crippen molar-refractivity contribution in [2.24, 2.45) is 0 Å². The summed E-state index contributed by atoms with van der Waals surface area (Å²) in [5, 5.41) is 20.8. The highest BCUT2D eigenvalue weighted by Gasteiger charge is 2.33. The number of rotatable bonds is 8. The fraction of sp³-hybridized carbons (Fsp3) is 0.562. The molecule has 0 fully saturated rings. The fourth-order valence-electron chi connectivity index (χ4n) is 2.58. The van der Waals surface area contributed by atoms with Gasteiger partial charge in [0.05, 0.1) is 11.0 Å². The maximum absolute atomic E-state index is 11.1. The predicted octanol–water partition coefficient (Wildman–Crippen LogP) is 3.54. The zero-order valence-corrected chi connectivity index (χ0v) is 13.0. The van der Waals surface area contributed by atoms with Crippen LogP contribution in [0.2, 0.25) is 0 Å². The number of hydrogen-bond acceptors (Lipinski definition) is 4. The van der Waals surface area contributed by atoms with Crippen LogP contribution in [0, 0.1) is 21.4 Å². The van der Waals surface area contributed by atoms with Crippen LogP contribution in [0.5, 0.6) is 0 Å². The highest BCUT2D eigenvalue weighted by atomic mass is 16.6. The molecule has 1 atom stereocenters. The third-order valence-electron chi connectivity index (χ3n) is 3.65. The van der Waals surface area contributed by atoms with E-state index in [-0.39, 0.29) is 10.6 Å². The van der Waals surface area contributed by atoms with Crippen molar-refractivity contribution in [1.29, 1.82) is 5.26 Å². The van der Waals surface area contributed by atoms with E-state index < -0.39 is 5.54 Å². The molecule has 0 saturated heterocycles. The molecule has 1 unspecified atom stereocenters. The number of nitro benzene ring substituents is 1. The van der Waals surface area contributed by atoms with Gasteiger partial charge in [-0.1, -0.05) is 32.0 Å². The Morgan fingerprint density at radius 3 is 2.33 bits per heavy atom. The second-order valence-corrected chi connectivity index (χ2v) is 5.44. The largest absolute Gasteiger partial charge is 0.286 e. The minimum Gasteiger partial charge on any atom is -0.286 e. The van der Waals surface area contributed by atoms with E-state index in [9.17, 15) is 15.4 Å². The molecular formula is C16H23N3O2. The normalized spacial score (nSPS) is 13.7. The number of hydrogen-bond donors (Lipinski definition) is 0. The van der Waals surface area contributed by atoms with Gasteiger partial charge in [0.15, 0.2) is 0 Å². The second-order valence-electron chi connectivity index (χ2n) is 5.44. The van der Waals surface area contributed by atoms with E-state index in [0.29, 0.717) is 12.0 Å². The van der Waals surface area contributed by atoms with E-state index in [2.05, 4.69) is 24.8 Å². The quantitative estimate of drug-likeness (QED) is 0.542. The molecule has 0 N–H and O–H groups in total. The van der Waals surface area contributed by atoms with Crippen molar-refractivity contribution in [3.63, 3.8) is 0 Å². The van der Waals surface area contributed by atoms with Crippen LogP contribution in [0.4, 0.5) is 5.69 Å². The van der Waals surface area contributed by atoms with Crippen molar-refractivity contribution in [1.82, 2.24) is 4.90 Å². The number of nitriles is 1. The van der Waals surface area contributed by atoms with Gasteiger partial charge < -0.3 is 0 Å². The highest BCUT2D eigenvalue weighted by molar-refractivity contribution is 5.41. The first-order valence-electron chi connectivity index (χ1n) is 7.37. The van der Waals surface area contributed by atoms with Crippen molar-refractivity contribution in [2.75, 3.05) is 13.1 Å². The minimum absolute atomic E-state index is 0.0897. The standard InChI is InChI=1S/C16H23N3O2/c1-4-10-18(11-5-2)16(3,13-17)12-14-8-6-7-9-15(14)19(20)21/h6-9H,4-5,10-12H2,1-3H3. The summed E-state index contributed by atoms with van der Waals surface area (Å²) < 4.78 is 0. The molecule has 0 bridgehead atoms. The van der Waals surface area contributed by atoms with Gasteiger partial charge in [-0.25, -0.2) is 0 Å². The van der Waals surface area contributed by atoms with Gasteiger partial charge in [0, 0.05) is 18.1 Å². The van der Waals surface area contributed by atoms with E-state index >= 15 is 0 Å². The van der Waals surface area contributed by atoms with Crippen molar-refractivity contribution in [3.05, 3.63) is 39.9 Å². The van der Waals surface area contributed by atoms with Gasteiger partial charge in [-0.3, -0.25) is 15.0 Å². The SMILES string of the molecule is CCCN(CCC)C(C)(C#N)Cc1ccccc1[N+](=O)[O-]. The highest BCUT2D eigenvalue weighted by Crippen LogP contribution is 2.26. The molecule has 0 aliphatic carbocycles. The van der Waals surface area contributed by atoms with Crippen LogP contribution in [0.3, 0.4) is 0 Å². The summed E-state index contributed by atoms with van der Waals surface area (Å²) >= 11 is 0. The van der Waals surface area contributed by atoms with Crippen LogP contribution in [-0.2, 0) is 6.42 Å². The number of nitrogens with zero attached hydrogens (tertiary/aromatic N) is 3. The molecule has 0 radical (unpaired) electrons. The lowest BCUT2D eigenvalue weighted by Crippen LogP contribution is -2.47. The molecule has 0 heterocycles. The second kappa shape index (κ2) is 7.75. The fourth-order valence-corrected chi connectivity index (χ4v) is 2.58. The van der Waals surface area contributed by atoms with E-state index in [4.69, 9.17) is 0 Å². The van der Waals surface area contributed by atoms with Crippen LogP contribution in [-0.4, -0.2) is 28.5 Å². The van der Waals surface area contributed by atoms with Gasteiger partial charge in [-0.2, -0.15) is 5.26 Å². The summed E-state index contributed by atoms with van der Waals surface area (Å²) in [5.41, 5.74) is -0.0197. The van der Waals surface area contributed by atoms with E-state index in [1.54, 1.807) is 18.2 Å². The molecule has 1 aromatic rings. The van der Waals surface area contributed by atoms with Crippen molar-refractivity contribution in [3.8, 4) is 6.07 Å². The van der Waals surface area contributed by atoms with Gasteiger partial charge in [0.1, 0.15) is 5.54 Å². The zero-order valence-electron chi connectivity index (χ0n) is 13.0. The molecule has 1 rings (SSSR count). The molecule has 21 heavy (non-hydrogen) atoms. The summed E-state index contributed by atoms with van der Waals surface area (Å²) in [5.74, 6) is 0. The van der Waals surface area contributed by atoms with Crippen LogP contribution in [0.1, 0.15) is 39.2 Å². The lowest BCUT2D eigenvalue weighted by Gasteiger charge is -2.35. The predicted molar refractivity (Wildman–Crippen MR) is 83.0 cm³/mol. The Bertz CT molecular complexity index is 518. The zero-order chi connectivity index (χ0) is 15.9. The Hall–Kier alpha value is -1.93. The Morgan fingerprint density at radius 1 is 1.29 bits per heavy atom. The first-order chi connectivity index (χ1) is 9.98. The van der Waals surface area contributed by atoms with Crippen molar-refractivity contribution >= 4 is 5.69 Å². The van der Waals surface area contributed by atoms with E-state index in [1.807, 2.05) is 6.92 Å². The van der Waals surface area contributed by atoms with Gasteiger partial charge >= 0.3 is 0 Å². The summed E-state index contributed by atoms with van der Waals surface area (Å²) in [6, 6.07) is 9.04. The molecule has 0 aromatic heterocycles. The molecule has 0 spiro atoms. The minimum atomic E-state index is -0.724. The Labute approximate surface area is 126 Å². The van der Waals surface area contributed by atoms with Gasteiger partial charge in [0.2, 0.25) is 0 Å². The Balaban J connectivity index is 3.10. The average molecular weight is 289 g/mol. The molecule has 0 amide bonds. The summed E-state index contributed by atoms with van der Waals surface area (Å²) in [6.45, 7) is 7.66. The Morgan fingerprint density at radius 2 is 1.86 bits per heavy atom.